The van der Waals surface area contributed by atoms with Crippen molar-refractivity contribution in [2.24, 2.45) is 4.99 Å². The van der Waals surface area contributed by atoms with Crippen molar-refractivity contribution in [3.8, 4) is 0 Å². The maximum Gasteiger partial charge on any atom is 0.191 e. The zero-order valence-electron chi connectivity index (χ0n) is 13.8. The van der Waals surface area contributed by atoms with Crippen LogP contribution in [0, 0.1) is 0 Å². The first-order valence-corrected chi connectivity index (χ1v) is 10.9. The van der Waals surface area contributed by atoms with Gasteiger partial charge in [-0.3, -0.25) is 9.20 Å². The third-order valence-electron chi connectivity index (χ3n) is 3.60. The number of thioether (sulfide) groups is 1. The van der Waals surface area contributed by atoms with Crippen LogP contribution in [0.25, 0.3) is 0 Å². The highest BCUT2D eigenvalue weighted by molar-refractivity contribution is 7.99. The summed E-state index contributed by atoms with van der Waals surface area (Å²) >= 11 is 2.00. The maximum absolute atomic E-state index is 12.1. The molecular formula is C17H27N3OS2. The Morgan fingerprint density at radius 2 is 2.22 bits per heavy atom. The minimum atomic E-state index is -0.865. The fourth-order valence-corrected chi connectivity index (χ4v) is 4.53. The molecule has 1 saturated heterocycles. The van der Waals surface area contributed by atoms with Crippen LogP contribution in [0.4, 0.5) is 0 Å². The Hall–Kier alpha value is -1.01. The molecule has 2 atom stereocenters. The summed E-state index contributed by atoms with van der Waals surface area (Å²) in [6.07, 6.45) is 2.47. The van der Waals surface area contributed by atoms with Crippen molar-refractivity contribution in [2.45, 2.75) is 31.6 Å². The van der Waals surface area contributed by atoms with Crippen molar-refractivity contribution in [2.75, 3.05) is 30.3 Å². The summed E-state index contributed by atoms with van der Waals surface area (Å²) in [5.74, 6) is 4.48. The van der Waals surface area contributed by atoms with E-state index in [-0.39, 0.29) is 0 Å². The number of aliphatic imine (C=N–C) groups is 1. The number of nitrogens with one attached hydrogen (secondary N) is 2. The molecule has 0 spiro atoms. The van der Waals surface area contributed by atoms with Gasteiger partial charge in [0.25, 0.3) is 0 Å². The molecule has 1 aromatic rings. The molecule has 0 saturated carbocycles. The topological polar surface area (TPSA) is 53.5 Å². The molecule has 0 aliphatic carbocycles. The van der Waals surface area contributed by atoms with E-state index in [0.29, 0.717) is 24.1 Å². The fourth-order valence-electron chi connectivity index (χ4n) is 2.46. The number of nitrogens with zero attached hydrogens (tertiary/aromatic N) is 1. The molecule has 1 aliphatic heterocycles. The highest BCUT2D eigenvalue weighted by Gasteiger charge is 2.14. The Bertz CT molecular complexity index is 502. The van der Waals surface area contributed by atoms with Gasteiger partial charge in [-0.15, -0.1) is 0 Å². The molecule has 128 valence electrons. The smallest absolute Gasteiger partial charge is 0.191 e. The number of guanidine groups is 1. The first kappa shape index (κ1) is 18.3. The Labute approximate surface area is 146 Å². The van der Waals surface area contributed by atoms with Crippen molar-refractivity contribution in [3.05, 3.63) is 35.9 Å². The second kappa shape index (κ2) is 10.7. The van der Waals surface area contributed by atoms with Crippen LogP contribution in [-0.2, 0) is 16.6 Å². The van der Waals surface area contributed by atoms with Gasteiger partial charge in [-0.25, -0.2) is 0 Å². The standard InChI is InChI=1S/C17H27N3OS2/c1-2-18-17(20-16-9-6-11-22-13-16)19-10-12-23(21)14-15-7-4-3-5-8-15/h3-5,7-8,16H,2,6,9-14H2,1H3,(H2,18,19,20). The molecule has 0 aromatic heterocycles. The molecule has 0 amide bonds. The van der Waals surface area contributed by atoms with Gasteiger partial charge in [0.05, 0.1) is 6.54 Å². The predicted octanol–water partition coefficient (Wildman–Crippen LogP) is 2.39. The fraction of sp³-hybridized carbons (Fsp3) is 0.588. The first-order valence-electron chi connectivity index (χ1n) is 8.29. The summed E-state index contributed by atoms with van der Waals surface area (Å²) in [5, 5.41) is 6.78. The van der Waals surface area contributed by atoms with Crippen molar-refractivity contribution < 1.29 is 4.21 Å². The number of benzene rings is 1. The van der Waals surface area contributed by atoms with Crippen molar-refractivity contribution in [1.29, 1.82) is 0 Å². The Morgan fingerprint density at radius 3 is 2.91 bits per heavy atom. The lowest BCUT2D eigenvalue weighted by atomic mass is 10.2. The summed E-state index contributed by atoms with van der Waals surface area (Å²) in [6.45, 7) is 3.51. The number of hydrogen-bond acceptors (Lipinski definition) is 3. The number of rotatable bonds is 7. The monoisotopic (exact) mass is 353 g/mol. The van der Waals surface area contributed by atoms with Crippen LogP contribution >= 0.6 is 11.8 Å². The molecule has 1 aromatic carbocycles. The van der Waals surface area contributed by atoms with Crippen LogP contribution in [-0.4, -0.2) is 46.6 Å². The predicted molar refractivity (Wildman–Crippen MR) is 103 cm³/mol. The zero-order valence-corrected chi connectivity index (χ0v) is 15.4. The summed E-state index contributed by atoms with van der Waals surface area (Å²) in [5.41, 5.74) is 1.12. The van der Waals surface area contributed by atoms with Crippen LogP contribution in [0.5, 0.6) is 0 Å². The lowest BCUT2D eigenvalue weighted by Gasteiger charge is -2.24. The van der Waals surface area contributed by atoms with Crippen LogP contribution in [0.2, 0.25) is 0 Å². The van der Waals surface area contributed by atoms with Crippen LogP contribution in [0.1, 0.15) is 25.3 Å². The Balaban J connectivity index is 1.76. The minimum absolute atomic E-state index is 0.501. The van der Waals surface area contributed by atoms with Crippen molar-refractivity contribution >= 4 is 28.5 Å². The van der Waals surface area contributed by atoms with Gasteiger partial charge < -0.3 is 10.6 Å². The normalized spacial score (nSPS) is 20.0. The third kappa shape index (κ3) is 7.40. The molecule has 6 heteroatoms. The molecule has 1 fully saturated rings. The largest absolute Gasteiger partial charge is 0.357 e. The van der Waals surface area contributed by atoms with Gasteiger partial charge in [-0.05, 0) is 31.1 Å². The van der Waals surface area contributed by atoms with E-state index in [2.05, 4.69) is 22.5 Å². The second-order valence-electron chi connectivity index (χ2n) is 5.59. The van der Waals surface area contributed by atoms with Crippen LogP contribution < -0.4 is 10.6 Å². The Kier molecular flexibility index (Phi) is 8.53. The maximum atomic E-state index is 12.1. The molecule has 4 nitrogen and oxygen atoms in total. The minimum Gasteiger partial charge on any atom is -0.357 e. The highest BCUT2D eigenvalue weighted by atomic mass is 32.2. The third-order valence-corrected chi connectivity index (χ3v) is 6.11. The average molecular weight is 354 g/mol. The SMILES string of the molecule is CCNC(=NCCS(=O)Cc1ccccc1)NC1CCCSC1. The van der Waals surface area contributed by atoms with Crippen molar-refractivity contribution in [3.63, 3.8) is 0 Å². The molecule has 2 rings (SSSR count). The van der Waals surface area contributed by atoms with Gasteiger partial charge in [0.1, 0.15) is 0 Å². The molecule has 0 bridgehead atoms. The van der Waals surface area contributed by atoms with E-state index in [0.717, 1.165) is 23.8 Å². The second-order valence-corrected chi connectivity index (χ2v) is 8.32. The summed E-state index contributed by atoms with van der Waals surface area (Å²) < 4.78 is 12.1. The first-order chi connectivity index (χ1) is 11.3. The van der Waals surface area contributed by atoms with E-state index in [4.69, 9.17) is 0 Å². The lowest BCUT2D eigenvalue weighted by molar-refractivity contribution is 0.582. The van der Waals surface area contributed by atoms with Crippen LogP contribution in [0.15, 0.2) is 35.3 Å². The summed E-state index contributed by atoms with van der Waals surface area (Å²) in [4.78, 5) is 4.58. The average Bonchev–Trinajstić information content (AvgIpc) is 2.57. The van der Waals surface area contributed by atoms with E-state index in [1.807, 2.05) is 42.1 Å². The van der Waals surface area contributed by atoms with Gasteiger partial charge in [-0.2, -0.15) is 11.8 Å². The van der Waals surface area contributed by atoms with Gasteiger partial charge in [0.15, 0.2) is 5.96 Å². The van der Waals surface area contributed by atoms with Gasteiger partial charge in [0.2, 0.25) is 0 Å². The molecule has 1 heterocycles. The van der Waals surface area contributed by atoms with E-state index < -0.39 is 10.8 Å². The molecule has 23 heavy (non-hydrogen) atoms. The van der Waals surface area contributed by atoms with Crippen molar-refractivity contribution in [1.82, 2.24) is 10.6 Å². The van der Waals surface area contributed by atoms with E-state index in [1.165, 1.54) is 18.6 Å². The molecule has 1 aliphatic rings. The molecule has 2 unspecified atom stereocenters. The summed E-state index contributed by atoms with van der Waals surface area (Å²) in [6, 6.07) is 10.5. The zero-order chi connectivity index (χ0) is 16.3. The van der Waals surface area contributed by atoms with Gasteiger partial charge in [0, 0.05) is 40.6 Å². The number of hydrogen-bond donors (Lipinski definition) is 2. The van der Waals surface area contributed by atoms with Gasteiger partial charge >= 0.3 is 0 Å². The van der Waals surface area contributed by atoms with E-state index >= 15 is 0 Å². The molecular weight excluding hydrogens is 326 g/mol. The highest BCUT2D eigenvalue weighted by Crippen LogP contribution is 2.16. The molecule has 2 N–H and O–H groups in total. The van der Waals surface area contributed by atoms with Crippen LogP contribution in [0.3, 0.4) is 0 Å². The molecule has 0 radical (unpaired) electrons. The lowest BCUT2D eigenvalue weighted by Crippen LogP contribution is -2.45. The van der Waals surface area contributed by atoms with E-state index in [9.17, 15) is 4.21 Å². The summed E-state index contributed by atoms with van der Waals surface area (Å²) in [7, 11) is -0.865. The Morgan fingerprint density at radius 1 is 1.39 bits per heavy atom. The quantitative estimate of drug-likeness (QED) is 0.584. The van der Waals surface area contributed by atoms with E-state index in [1.54, 1.807) is 0 Å². The van der Waals surface area contributed by atoms with Gasteiger partial charge in [-0.1, -0.05) is 30.3 Å².